The Bertz CT molecular complexity index is 2430. The van der Waals surface area contributed by atoms with Crippen molar-refractivity contribution in [3.05, 3.63) is 168 Å². The minimum atomic E-state index is 0.210. The molecule has 0 atom stereocenters. The highest BCUT2D eigenvalue weighted by molar-refractivity contribution is 5.83. The molecule has 54 heavy (non-hydrogen) atoms. The number of benzene rings is 6. The lowest BCUT2D eigenvalue weighted by Gasteiger charge is -2.15. The lowest BCUT2D eigenvalue weighted by atomic mass is 9.92. The summed E-state index contributed by atoms with van der Waals surface area (Å²) < 4.78 is 0. The van der Waals surface area contributed by atoms with Crippen LogP contribution in [-0.4, -0.2) is 30.1 Å². The monoisotopic (exact) mass is 704 g/mol. The molecule has 2 aromatic heterocycles. The third-order valence-electron chi connectivity index (χ3n) is 10.5. The summed E-state index contributed by atoms with van der Waals surface area (Å²) in [6.45, 7) is 0. The van der Waals surface area contributed by atoms with Crippen LogP contribution in [0.4, 0.5) is 0 Å². The fourth-order valence-electron chi connectivity index (χ4n) is 7.69. The van der Waals surface area contributed by atoms with Crippen molar-refractivity contribution < 1.29 is 10.2 Å². The quantitative estimate of drug-likeness (QED) is 0.138. The van der Waals surface area contributed by atoms with Crippen molar-refractivity contribution in [1.29, 1.82) is 0 Å². The lowest BCUT2D eigenvalue weighted by molar-refractivity contribution is 0.475. The molecule has 4 N–H and O–H groups in total. The SMILES string of the molecule is Oc1ccc(-c2nc(-c3cc4ccc3CCCc3ccc(cc3-c3nc(-c5ccccc5)c(-c5ccccc5)[nH]3)CCC4)[nH]c2-c2ccc(O)cc2)cc1. The number of imidazole rings is 2. The van der Waals surface area contributed by atoms with E-state index in [1.807, 2.05) is 36.4 Å². The molecule has 0 amide bonds. The first-order chi connectivity index (χ1) is 26.6. The average molecular weight is 705 g/mol. The number of nitrogens with zero attached hydrogens (tertiary/aromatic N) is 2. The van der Waals surface area contributed by atoms with Gasteiger partial charge in [-0.25, -0.2) is 9.97 Å². The predicted octanol–water partition coefficient (Wildman–Crippen LogP) is 11.2. The first-order valence-electron chi connectivity index (χ1n) is 18.7. The average Bonchev–Trinajstić information content (AvgIpc) is 3.86. The van der Waals surface area contributed by atoms with Gasteiger partial charge in [0.1, 0.15) is 23.1 Å². The molecular formula is C48H40N4O2. The second-order valence-corrected chi connectivity index (χ2v) is 14.1. The van der Waals surface area contributed by atoms with Crippen molar-refractivity contribution in [3.63, 3.8) is 0 Å². The number of aryl methyl sites for hydroxylation is 4. The Hall–Kier alpha value is -6.66. The van der Waals surface area contributed by atoms with Crippen LogP contribution in [0.2, 0.25) is 0 Å². The highest BCUT2D eigenvalue weighted by Crippen LogP contribution is 2.38. The lowest BCUT2D eigenvalue weighted by Crippen LogP contribution is -2.01. The Morgan fingerprint density at radius 3 is 1.31 bits per heavy atom. The summed E-state index contributed by atoms with van der Waals surface area (Å²) in [7, 11) is 0. The van der Waals surface area contributed by atoms with Crippen LogP contribution in [0, 0.1) is 0 Å². The Kier molecular flexibility index (Phi) is 8.85. The number of hydrogen-bond donors (Lipinski definition) is 4. The van der Waals surface area contributed by atoms with Gasteiger partial charge >= 0.3 is 0 Å². The van der Waals surface area contributed by atoms with E-state index in [0.717, 1.165) is 101 Å². The number of H-pyrrole nitrogens is 2. The highest BCUT2D eigenvalue weighted by Gasteiger charge is 2.21. The van der Waals surface area contributed by atoms with E-state index in [1.54, 1.807) is 24.3 Å². The maximum Gasteiger partial charge on any atom is 0.138 e. The number of aromatic nitrogens is 4. The number of aromatic hydroxyl groups is 2. The Morgan fingerprint density at radius 1 is 0.407 bits per heavy atom. The summed E-state index contributed by atoms with van der Waals surface area (Å²) in [6.07, 6.45) is 5.64. The first-order valence-corrected chi connectivity index (χ1v) is 18.7. The van der Waals surface area contributed by atoms with Gasteiger partial charge in [0.2, 0.25) is 0 Å². The van der Waals surface area contributed by atoms with Crippen molar-refractivity contribution in [3.8, 4) is 79.3 Å². The maximum atomic E-state index is 10.0. The summed E-state index contributed by atoms with van der Waals surface area (Å²) >= 11 is 0. The molecule has 0 unspecified atom stereocenters. The topological polar surface area (TPSA) is 97.8 Å². The van der Waals surface area contributed by atoms with Crippen LogP contribution >= 0.6 is 0 Å². The molecule has 6 nitrogen and oxygen atoms in total. The van der Waals surface area contributed by atoms with E-state index in [-0.39, 0.29) is 11.5 Å². The molecule has 8 aromatic rings. The Balaban J connectivity index is 1.09. The van der Waals surface area contributed by atoms with Crippen molar-refractivity contribution in [2.75, 3.05) is 0 Å². The molecule has 0 radical (unpaired) electrons. The summed E-state index contributed by atoms with van der Waals surface area (Å²) in [6, 6.07) is 49.1. The van der Waals surface area contributed by atoms with E-state index in [0.29, 0.717) is 0 Å². The molecule has 0 aliphatic heterocycles. The van der Waals surface area contributed by atoms with Crippen molar-refractivity contribution in [2.24, 2.45) is 0 Å². The molecule has 4 aliphatic rings. The molecule has 264 valence electrons. The fourth-order valence-corrected chi connectivity index (χ4v) is 7.69. The third kappa shape index (κ3) is 6.70. The Labute approximate surface area is 314 Å². The fraction of sp³-hybridized carbons (Fsp3) is 0.125. The third-order valence-corrected chi connectivity index (χ3v) is 10.5. The second-order valence-electron chi connectivity index (χ2n) is 14.1. The second kappa shape index (κ2) is 14.4. The van der Waals surface area contributed by atoms with Gasteiger partial charge in [0.25, 0.3) is 0 Å². The van der Waals surface area contributed by atoms with Crippen LogP contribution in [0.1, 0.15) is 35.1 Å². The number of hydrogen-bond acceptors (Lipinski definition) is 4. The van der Waals surface area contributed by atoms with Crippen molar-refractivity contribution in [1.82, 2.24) is 19.9 Å². The van der Waals surface area contributed by atoms with Crippen LogP contribution in [0.15, 0.2) is 146 Å². The van der Waals surface area contributed by atoms with Gasteiger partial charge in [0.05, 0.1) is 22.8 Å². The van der Waals surface area contributed by atoms with Crippen molar-refractivity contribution >= 4 is 0 Å². The van der Waals surface area contributed by atoms with Crippen LogP contribution < -0.4 is 0 Å². The van der Waals surface area contributed by atoms with E-state index in [2.05, 4.69) is 94.9 Å². The smallest absolute Gasteiger partial charge is 0.138 e. The normalized spacial score (nSPS) is 12.9. The zero-order valence-electron chi connectivity index (χ0n) is 29.9. The molecular weight excluding hydrogens is 665 g/mol. The number of aromatic amines is 2. The molecule has 0 fully saturated rings. The molecule has 6 aromatic carbocycles. The maximum absolute atomic E-state index is 10.0. The van der Waals surface area contributed by atoms with Gasteiger partial charge in [-0.1, -0.05) is 84.9 Å². The van der Waals surface area contributed by atoms with E-state index in [1.165, 1.54) is 27.8 Å². The van der Waals surface area contributed by atoms with Crippen molar-refractivity contribution in [2.45, 2.75) is 38.5 Å². The number of phenols is 2. The minimum absolute atomic E-state index is 0.210. The summed E-state index contributed by atoms with van der Waals surface area (Å²) in [5.74, 6) is 2.14. The standard InChI is InChI=1S/C48H40N4O2/c53-39-25-21-37(22-26-39)45-46(38-23-27-40(54)28-24-38)52-48(51-45)42-30-32-10-7-9-31-17-19-33(15-8-16-34(42)20-18-32)41(29-31)47-49-43(35-11-3-1-4-12-35)44(50-47)36-13-5-2-6-14-36/h1-6,11-14,17-30,53-54H,7-10,15-16H2,(H,49,50)(H,51,52). The summed E-state index contributed by atoms with van der Waals surface area (Å²) in [5.41, 5.74) is 15.1. The van der Waals surface area contributed by atoms with Crippen LogP contribution in [0.3, 0.4) is 0 Å². The zero-order valence-corrected chi connectivity index (χ0v) is 29.9. The zero-order chi connectivity index (χ0) is 36.4. The molecule has 4 aliphatic carbocycles. The molecule has 0 spiro atoms. The van der Waals surface area contributed by atoms with Gasteiger partial charge in [0, 0.05) is 33.4 Å². The molecule has 4 bridgehead atoms. The van der Waals surface area contributed by atoms with E-state index in [9.17, 15) is 10.2 Å². The van der Waals surface area contributed by atoms with Gasteiger partial charge in [-0.2, -0.15) is 0 Å². The van der Waals surface area contributed by atoms with Crippen LogP contribution in [-0.2, 0) is 25.7 Å². The predicted molar refractivity (Wildman–Crippen MR) is 217 cm³/mol. The Morgan fingerprint density at radius 2 is 0.815 bits per heavy atom. The van der Waals surface area contributed by atoms with E-state index < -0.39 is 0 Å². The van der Waals surface area contributed by atoms with E-state index in [4.69, 9.17) is 9.97 Å². The first kappa shape index (κ1) is 33.2. The van der Waals surface area contributed by atoms with Gasteiger partial charge in [-0.3, -0.25) is 0 Å². The van der Waals surface area contributed by atoms with Gasteiger partial charge in [-0.15, -0.1) is 0 Å². The largest absolute Gasteiger partial charge is 0.508 e. The number of phenolic OH excluding ortho intramolecular Hbond substituents is 2. The highest BCUT2D eigenvalue weighted by atomic mass is 16.3. The van der Waals surface area contributed by atoms with Gasteiger partial charge in [0.15, 0.2) is 0 Å². The number of nitrogens with one attached hydrogen (secondary N) is 2. The molecule has 2 heterocycles. The van der Waals surface area contributed by atoms with Crippen LogP contribution in [0.5, 0.6) is 11.5 Å². The molecule has 6 heteroatoms. The van der Waals surface area contributed by atoms with E-state index >= 15 is 0 Å². The molecule has 0 saturated carbocycles. The summed E-state index contributed by atoms with van der Waals surface area (Å²) in [5, 5.41) is 20.0. The molecule has 12 rings (SSSR count). The number of rotatable bonds is 6. The van der Waals surface area contributed by atoms with Gasteiger partial charge < -0.3 is 20.2 Å². The molecule has 0 saturated heterocycles. The van der Waals surface area contributed by atoms with Crippen LogP contribution in [0.25, 0.3) is 67.8 Å². The minimum Gasteiger partial charge on any atom is -0.508 e. The summed E-state index contributed by atoms with van der Waals surface area (Å²) in [4.78, 5) is 18.0. The van der Waals surface area contributed by atoms with Gasteiger partial charge in [-0.05, 0) is 121 Å².